The minimum Gasteiger partial charge on any atom is -0.478 e. The third kappa shape index (κ3) is 4.20. The molecule has 0 saturated heterocycles. The number of carboxylic acid groups (broad SMARTS) is 1. The van der Waals surface area contributed by atoms with E-state index >= 15 is 0 Å². The van der Waals surface area contributed by atoms with Crippen molar-refractivity contribution in [3.8, 4) is 11.5 Å². The topological polar surface area (TPSA) is 81.4 Å². The van der Waals surface area contributed by atoms with Crippen LogP contribution in [0.1, 0.15) is 16.8 Å². The second kappa shape index (κ2) is 8.10. The van der Waals surface area contributed by atoms with Gasteiger partial charge in [-0.2, -0.15) is 4.98 Å². The fraction of sp³-hybridized carbons (Fsp3) is 0.136. The molecule has 1 N–H and O–H groups in total. The summed E-state index contributed by atoms with van der Waals surface area (Å²) in [5.41, 5.74) is -0.415. The van der Waals surface area contributed by atoms with E-state index in [0.717, 1.165) is 0 Å². The van der Waals surface area contributed by atoms with Gasteiger partial charge in [-0.1, -0.05) is 6.07 Å². The Morgan fingerprint density at radius 2 is 1.97 bits per heavy atom. The van der Waals surface area contributed by atoms with E-state index in [2.05, 4.69) is 4.98 Å². The molecule has 1 unspecified atom stereocenters. The molecule has 158 valence electrons. The highest BCUT2D eigenvalue weighted by atomic mass is 19.2. The zero-order valence-corrected chi connectivity index (χ0v) is 15.9. The van der Waals surface area contributed by atoms with Gasteiger partial charge in [0.25, 0.3) is 5.56 Å². The molecule has 3 aromatic rings. The molecule has 6 nitrogen and oxygen atoms in total. The van der Waals surface area contributed by atoms with Crippen LogP contribution >= 0.6 is 0 Å². The lowest BCUT2D eigenvalue weighted by molar-refractivity contribution is 0.0696. The Hall–Kier alpha value is -3.88. The Labute approximate surface area is 173 Å². The summed E-state index contributed by atoms with van der Waals surface area (Å²) < 4.78 is 48.5. The summed E-state index contributed by atoms with van der Waals surface area (Å²) in [6, 6.07) is 10.3. The summed E-state index contributed by atoms with van der Waals surface area (Å²) in [4.78, 5) is 27.1. The number of fused-ring (bicyclic) bond motifs is 1. The van der Waals surface area contributed by atoms with Gasteiger partial charge in [0.15, 0.2) is 0 Å². The van der Waals surface area contributed by atoms with Crippen LogP contribution in [-0.4, -0.2) is 26.8 Å². The summed E-state index contributed by atoms with van der Waals surface area (Å²) in [5, 5.41) is 9.22. The highest BCUT2D eigenvalue weighted by molar-refractivity contribution is 5.88. The molecule has 2 aromatic carbocycles. The van der Waals surface area contributed by atoms with E-state index in [0.29, 0.717) is 11.6 Å². The van der Waals surface area contributed by atoms with Crippen LogP contribution in [0.4, 0.5) is 13.2 Å². The SMILES string of the molecule is O=C(O)c1cccc(Oc2ccc3c(c2)c(=O)ncn3CC2=C(F)C=C(F)CC2F)c1. The standard InChI is InChI=1S/C22H15F3N2O4/c23-13-7-18(24)17(19(25)8-13)10-27-11-26-21(28)16-9-15(4-5-20(16)27)31-14-3-1-2-12(6-14)22(29)30/h1-7,9,11,19H,8,10H2,(H,29,30). The average Bonchev–Trinajstić information content (AvgIpc) is 2.72. The van der Waals surface area contributed by atoms with Crippen LogP contribution in [-0.2, 0) is 6.54 Å². The van der Waals surface area contributed by atoms with Crippen LogP contribution in [0, 0.1) is 0 Å². The van der Waals surface area contributed by atoms with Crippen LogP contribution in [0.2, 0.25) is 0 Å². The molecule has 0 radical (unpaired) electrons. The number of carbonyl (C=O) groups is 1. The molecule has 0 spiro atoms. The molecule has 31 heavy (non-hydrogen) atoms. The monoisotopic (exact) mass is 428 g/mol. The molecule has 0 saturated carbocycles. The Balaban J connectivity index is 1.69. The fourth-order valence-corrected chi connectivity index (χ4v) is 3.30. The van der Waals surface area contributed by atoms with Gasteiger partial charge < -0.3 is 14.4 Å². The predicted octanol–water partition coefficient (Wildman–Crippen LogP) is 4.71. The molecular weight excluding hydrogens is 413 g/mol. The second-order valence-electron chi connectivity index (χ2n) is 6.93. The smallest absolute Gasteiger partial charge is 0.335 e. The lowest BCUT2D eigenvalue weighted by atomic mass is 10.0. The van der Waals surface area contributed by atoms with Crippen molar-refractivity contribution in [1.29, 1.82) is 0 Å². The number of aromatic nitrogens is 2. The van der Waals surface area contributed by atoms with Crippen LogP contribution in [0.5, 0.6) is 11.5 Å². The van der Waals surface area contributed by atoms with E-state index in [1.807, 2.05) is 0 Å². The first-order chi connectivity index (χ1) is 14.8. The molecular formula is C22H15F3N2O4. The fourth-order valence-electron chi connectivity index (χ4n) is 3.30. The molecule has 1 heterocycles. The van der Waals surface area contributed by atoms with E-state index < -0.39 is 35.8 Å². The van der Waals surface area contributed by atoms with Gasteiger partial charge in [0, 0.05) is 18.1 Å². The van der Waals surface area contributed by atoms with Crippen LogP contribution in [0.3, 0.4) is 0 Å². The molecule has 0 amide bonds. The number of ether oxygens (including phenoxy) is 1. The number of nitrogens with zero attached hydrogens (tertiary/aromatic N) is 2. The molecule has 1 aliphatic rings. The van der Waals surface area contributed by atoms with Crippen molar-refractivity contribution < 1.29 is 27.8 Å². The predicted molar refractivity (Wildman–Crippen MR) is 106 cm³/mol. The quantitative estimate of drug-likeness (QED) is 0.637. The minimum atomic E-state index is -1.82. The molecule has 4 rings (SSSR count). The Morgan fingerprint density at radius 1 is 1.19 bits per heavy atom. The Kier molecular flexibility index (Phi) is 5.33. The van der Waals surface area contributed by atoms with E-state index in [4.69, 9.17) is 9.84 Å². The van der Waals surface area contributed by atoms with Crippen molar-refractivity contribution in [2.75, 3.05) is 0 Å². The molecule has 0 fully saturated rings. The lowest BCUT2D eigenvalue weighted by Gasteiger charge is -2.19. The summed E-state index contributed by atoms with van der Waals surface area (Å²) in [5.74, 6) is -2.46. The Bertz CT molecular complexity index is 1310. The first-order valence-electron chi connectivity index (χ1n) is 9.21. The maximum absolute atomic E-state index is 14.2. The van der Waals surface area contributed by atoms with E-state index in [1.165, 1.54) is 47.3 Å². The van der Waals surface area contributed by atoms with Crippen LogP contribution in [0.25, 0.3) is 10.9 Å². The molecule has 1 aromatic heterocycles. The largest absolute Gasteiger partial charge is 0.478 e. The number of alkyl halides is 1. The van der Waals surface area contributed by atoms with Gasteiger partial charge in [0.2, 0.25) is 0 Å². The first kappa shape index (κ1) is 20.4. The highest BCUT2D eigenvalue weighted by Crippen LogP contribution is 2.31. The normalized spacial score (nSPS) is 16.4. The summed E-state index contributed by atoms with van der Waals surface area (Å²) >= 11 is 0. The molecule has 1 atom stereocenters. The average molecular weight is 428 g/mol. The van der Waals surface area contributed by atoms with Gasteiger partial charge in [-0.3, -0.25) is 4.79 Å². The maximum Gasteiger partial charge on any atom is 0.335 e. The maximum atomic E-state index is 14.2. The van der Waals surface area contributed by atoms with Gasteiger partial charge in [-0.15, -0.1) is 0 Å². The molecule has 0 aliphatic heterocycles. The van der Waals surface area contributed by atoms with Crippen molar-refractivity contribution in [2.24, 2.45) is 0 Å². The number of rotatable bonds is 5. The molecule has 1 aliphatic carbocycles. The van der Waals surface area contributed by atoms with Gasteiger partial charge in [0.1, 0.15) is 29.3 Å². The van der Waals surface area contributed by atoms with Gasteiger partial charge >= 0.3 is 5.97 Å². The molecule has 9 heteroatoms. The van der Waals surface area contributed by atoms with E-state index in [1.54, 1.807) is 6.07 Å². The molecule has 0 bridgehead atoms. The van der Waals surface area contributed by atoms with Crippen molar-refractivity contribution in [3.63, 3.8) is 0 Å². The third-order valence-corrected chi connectivity index (χ3v) is 4.82. The van der Waals surface area contributed by atoms with E-state index in [9.17, 15) is 22.8 Å². The third-order valence-electron chi connectivity index (χ3n) is 4.82. The number of benzene rings is 2. The van der Waals surface area contributed by atoms with Gasteiger partial charge in [-0.25, -0.2) is 18.0 Å². The van der Waals surface area contributed by atoms with Gasteiger partial charge in [-0.05, 0) is 36.4 Å². The summed E-state index contributed by atoms with van der Waals surface area (Å²) in [6.07, 6.45) is -0.533. The van der Waals surface area contributed by atoms with Crippen molar-refractivity contribution in [1.82, 2.24) is 9.55 Å². The second-order valence-corrected chi connectivity index (χ2v) is 6.93. The van der Waals surface area contributed by atoms with Crippen LogP contribution in [0.15, 0.2) is 76.9 Å². The summed E-state index contributed by atoms with van der Waals surface area (Å²) in [7, 11) is 0. The number of hydrogen-bond acceptors (Lipinski definition) is 4. The zero-order chi connectivity index (χ0) is 22.1. The summed E-state index contributed by atoms with van der Waals surface area (Å²) in [6.45, 7) is -0.249. The number of aromatic carboxylic acids is 1. The minimum absolute atomic E-state index is 0.0383. The number of halogens is 3. The first-order valence-corrected chi connectivity index (χ1v) is 9.21. The van der Waals surface area contributed by atoms with Crippen molar-refractivity contribution >= 4 is 16.9 Å². The highest BCUT2D eigenvalue weighted by Gasteiger charge is 2.25. The van der Waals surface area contributed by atoms with E-state index in [-0.39, 0.29) is 34.6 Å². The van der Waals surface area contributed by atoms with Crippen LogP contribution < -0.4 is 10.3 Å². The Morgan fingerprint density at radius 3 is 2.71 bits per heavy atom. The van der Waals surface area contributed by atoms with Crippen molar-refractivity contribution in [2.45, 2.75) is 19.1 Å². The lowest BCUT2D eigenvalue weighted by Crippen LogP contribution is -2.19. The number of hydrogen-bond donors (Lipinski definition) is 1. The zero-order valence-electron chi connectivity index (χ0n) is 15.9. The van der Waals surface area contributed by atoms with Crippen molar-refractivity contribution in [3.05, 3.63) is 88.0 Å². The number of carboxylic acids is 1. The number of allylic oxidation sites excluding steroid dienone is 4. The van der Waals surface area contributed by atoms with Gasteiger partial charge in [0.05, 0.1) is 29.3 Å².